The van der Waals surface area contributed by atoms with Gasteiger partial charge in [-0.25, -0.2) is 0 Å². The van der Waals surface area contributed by atoms with E-state index in [0.29, 0.717) is 18.0 Å². The number of anilines is 1. The monoisotopic (exact) mass is 338 g/mol. The van der Waals surface area contributed by atoms with Gasteiger partial charge in [-0.1, -0.05) is 0 Å². The van der Waals surface area contributed by atoms with Crippen molar-refractivity contribution in [3.8, 4) is 0 Å². The highest BCUT2D eigenvalue weighted by Gasteiger charge is 2.26. The summed E-state index contributed by atoms with van der Waals surface area (Å²) >= 11 is 0. The van der Waals surface area contributed by atoms with Gasteiger partial charge in [0.05, 0.1) is 5.56 Å². The van der Waals surface area contributed by atoms with Crippen molar-refractivity contribution in [3.63, 3.8) is 0 Å². The van der Waals surface area contributed by atoms with Crippen LogP contribution in [0.3, 0.4) is 0 Å². The minimum absolute atomic E-state index is 0.0402. The third kappa shape index (κ3) is 4.86. The van der Waals surface area contributed by atoms with Crippen molar-refractivity contribution in [2.45, 2.75) is 25.7 Å². The molecule has 0 bridgehead atoms. The molecule has 2 heterocycles. The summed E-state index contributed by atoms with van der Waals surface area (Å²) in [5.41, 5.74) is 1.36. The molecular weight excluding hydrogens is 316 g/mol. The number of hydrogen-bond acceptors (Lipinski definition) is 4. The summed E-state index contributed by atoms with van der Waals surface area (Å²) in [6, 6.07) is 7.08. The lowest BCUT2D eigenvalue weighted by Gasteiger charge is -2.27. The van der Waals surface area contributed by atoms with Crippen LogP contribution in [0.4, 0.5) is 5.69 Å². The number of aromatic nitrogens is 2. The zero-order valence-corrected chi connectivity index (χ0v) is 14.0. The van der Waals surface area contributed by atoms with Crippen LogP contribution in [0.1, 0.15) is 36.0 Å². The maximum Gasteiger partial charge on any atom is 0.252 e. The molecule has 0 spiro atoms. The summed E-state index contributed by atoms with van der Waals surface area (Å²) in [6.07, 6.45) is 10.1. The molecule has 2 N–H and O–H groups in total. The second-order valence-corrected chi connectivity index (χ2v) is 6.39. The van der Waals surface area contributed by atoms with Gasteiger partial charge in [-0.3, -0.25) is 19.6 Å². The maximum absolute atomic E-state index is 12.3. The molecule has 0 atom stereocenters. The Bertz CT molecular complexity index is 698. The number of pyridine rings is 2. The first kappa shape index (κ1) is 17.1. The number of nitrogens with one attached hydrogen (secondary N) is 2. The van der Waals surface area contributed by atoms with Gasteiger partial charge in [-0.15, -0.1) is 0 Å². The molecule has 25 heavy (non-hydrogen) atoms. The molecule has 2 amide bonds. The van der Waals surface area contributed by atoms with Crippen LogP contribution in [0.2, 0.25) is 0 Å². The predicted molar refractivity (Wildman–Crippen MR) is 94.9 cm³/mol. The van der Waals surface area contributed by atoms with Crippen molar-refractivity contribution in [1.82, 2.24) is 15.3 Å². The highest BCUT2D eigenvalue weighted by Crippen LogP contribution is 2.29. The van der Waals surface area contributed by atoms with Crippen LogP contribution in [-0.4, -0.2) is 28.3 Å². The Labute approximate surface area is 147 Å². The van der Waals surface area contributed by atoms with E-state index in [1.807, 2.05) is 0 Å². The molecule has 0 aromatic carbocycles. The fourth-order valence-electron chi connectivity index (χ4n) is 3.14. The lowest BCUT2D eigenvalue weighted by atomic mass is 9.81. The van der Waals surface area contributed by atoms with E-state index in [0.717, 1.165) is 31.4 Å². The largest absolute Gasteiger partial charge is 0.352 e. The highest BCUT2D eigenvalue weighted by atomic mass is 16.2. The standard InChI is InChI=1S/C19H22N4O2/c24-18(16-2-1-9-21-13-16)22-12-14-3-5-15(6-4-14)19(25)23-17-7-10-20-11-8-17/h1-2,7-11,13-15H,3-6,12H2,(H,22,24)(H,20,23,25)/t14-,15-. The van der Waals surface area contributed by atoms with Gasteiger partial charge in [-0.05, 0) is 55.9 Å². The smallest absolute Gasteiger partial charge is 0.252 e. The molecule has 1 fully saturated rings. The van der Waals surface area contributed by atoms with E-state index in [9.17, 15) is 9.59 Å². The van der Waals surface area contributed by atoms with Gasteiger partial charge >= 0.3 is 0 Å². The summed E-state index contributed by atoms with van der Waals surface area (Å²) in [5.74, 6) is 0.443. The summed E-state index contributed by atoms with van der Waals surface area (Å²) in [4.78, 5) is 32.3. The van der Waals surface area contributed by atoms with Crippen LogP contribution < -0.4 is 10.6 Å². The van der Waals surface area contributed by atoms with E-state index in [2.05, 4.69) is 20.6 Å². The molecule has 1 aliphatic carbocycles. The summed E-state index contributed by atoms with van der Waals surface area (Å²) in [6.45, 7) is 0.645. The average Bonchev–Trinajstić information content (AvgIpc) is 2.68. The molecule has 1 saturated carbocycles. The first-order valence-corrected chi connectivity index (χ1v) is 8.61. The van der Waals surface area contributed by atoms with E-state index in [4.69, 9.17) is 0 Å². The van der Waals surface area contributed by atoms with E-state index >= 15 is 0 Å². The first-order chi connectivity index (χ1) is 12.2. The summed E-state index contributed by atoms with van der Waals surface area (Å²) in [7, 11) is 0. The van der Waals surface area contributed by atoms with Gasteiger partial charge in [0.25, 0.3) is 5.91 Å². The Hall–Kier alpha value is -2.76. The quantitative estimate of drug-likeness (QED) is 0.878. The molecule has 6 nitrogen and oxygen atoms in total. The average molecular weight is 338 g/mol. The van der Waals surface area contributed by atoms with E-state index in [1.165, 1.54) is 0 Å². The fraction of sp³-hybridized carbons (Fsp3) is 0.368. The molecule has 1 aliphatic rings. The molecule has 2 aromatic rings. The van der Waals surface area contributed by atoms with Crippen molar-refractivity contribution >= 4 is 17.5 Å². The zero-order valence-electron chi connectivity index (χ0n) is 14.0. The molecule has 6 heteroatoms. The van der Waals surface area contributed by atoms with Gasteiger partial charge in [0.1, 0.15) is 0 Å². The molecule has 0 radical (unpaired) electrons. The van der Waals surface area contributed by atoms with E-state index in [-0.39, 0.29) is 17.7 Å². The van der Waals surface area contributed by atoms with E-state index in [1.54, 1.807) is 49.1 Å². The second kappa shape index (κ2) is 8.37. The van der Waals surface area contributed by atoms with Gasteiger partial charge < -0.3 is 10.6 Å². The van der Waals surface area contributed by atoms with Gasteiger partial charge in [-0.2, -0.15) is 0 Å². The lowest BCUT2D eigenvalue weighted by Crippen LogP contribution is -2.33. The third-order valence-electron chi connectivity index (χ3n) is 4.64. The summed E-state index contributed by atoms with van der Waals surface area (Å²) in [5, 5.41) is 5.91. The SMILES string of the molecule is O=C(NC[C@H]1CC[C@H](C(=O)Nc2ccncc2)CC1)c1cccnc1. The highest BCUT2D eigenvalue weighted by molar-refractivity contribution is 5.94. The Balaban J connectivity index is 1.41. The Morgan fingerprint density at radius 1 is 1.00 bits per heavy atom. The number of amides is 2. The molecular formula is C19H22N4O2. The van der Waals surface area contributed by atoms with Crippen molar-refractivity contribution in [1.29, 1.82) is 0 Å². The molecule has 2 aromatic heterocycles. The molecule has 0 unspecified atom stereocenters. The van der Waals surface area contributed by atoms with Crippen LogP contribution in [0.15, 0.2) is 49.1 Å². The number of carbonyl (C=O) groups is 2. The van der Waals surface area contributed by atoms with Crippen molar-refractivity contribution in [3.05, 3.63) is 54.6 Å². The predicted octanol–water partition coefficient (Wildman–Crippen LogP) is 2.65. The topological polar surface area (TPSA) is 84.0 Å². The van der Waals surface area contributed by atoms with Crippen LogP contribution in [0, 0.1) is 11.8 Å². The van der Waals surface area contributed by atoms with Gasteiger partial charge in [0.15, 0.2) is 0 Å². The van der Waals surface area contributed by atoms with Crippen molar-refractivity contribution in [2.75, 3.05) is 11.9 Å². The van der Waals surface area contributed by atoms with Crippen molar-refractivity contribution < 1.29 is 9.59 Å². The van der Waals surface area contributed by atoms with E-state index < -0.39 is 0 Å². The molecule has 0 aliphatic heterocycles. The number of hydrogen-bond donors (Lipinski definition) is 2. The van der Waals surface area contributed by atoms with Crippen LogP contribution >= 0.6 is 0 Å². The normalized spacial score (nSPS) is 19.8. The Morgan fingerprint density at radius 2 is 1.76 bits per heavy atom. The fourth-order valence-corrected chi connectivity index (χ4v) is 3.14. The maximum atomic E-state index is 12.3. The van der Waals surface area contributed by atoms with Crippen LogP contribution in [-0.2, 0) is 4.79 Å². The minimum atomic E-state index is -0.0920. The first-order valence-electron chi connectivity index (χ1n) is 8.61. The zero-order chi connectivity index (χ0) is 17.5. The van der Waals surface area contributed by atoms with Gasteiger partial charge in [0, 0.05) is 42.9 Å². The van der Waals surface area contributed by atoms with Crippen molar-refractivity contribution in [2.24, 2.45) is 11.8 Å². The van der Waals surface area contributed by atoms with Crippen LogP contribution in [0.5, 0.6) is 0 Å². The minimum Gasteiger partial charge on any atom is -0.352 e. The third-order valence-corrected chi connectivity index (χ3v) is 4.64. The lowest BCUT2D eigenvalue weighted by molar-refractivity contribution is -0.121. The van der Waals surface area contributed by atoms with Gasteiger partial charge in [0.2, 0.25) is 5.91 Å². The summed E-state index contributed by atoms with van der Waals surface area (Å²) < 4.78 is 0. The molecule has 3 rings (SSSR count). The Kier molecular flexibility index (Phi) is 5.72. The number of rotatable bonds is 5. The molecule has 130 valence electrons. The van der Waals surface area contributed by atoms with Crippen LogP contribution in [0.25, 0.3) is 0 Å². The molecule has 0 saturated heterocycles. The second-order valence-electron chi connectivity index (χ2n) is 6.39. The number of nitrogens with zero attached hydrogens (tertiary/aromatic N) is 2. The Morgan fingerprint density at radius 3 is 2.44 bits per heavy atom. The number of carbonyl (C=O) groups excluding carboxylic acids is 2.